The van der Waals surface area contributed by atoms with Crippen molar-refractivity contribution in [3.05, 3.63) is 28.7 Å². The second-order valence-corrected chi connectivity index (χ2v) is 6.63. The molecule has 1 atom stereocenters. The molecule has 0 saturated carbocycles. The molecule has 1 aliphatic rings. The fraction of sp³-hybridized carbons (Fsp3) is 0.438. The third-order valence-corrected chi connectivity index (χ3v) is 4.25. The summed E-state index contributed by atoms with van der Waals surface area (Å²) in [7, 11) is 3.35. The Balaban J connectivity index is 1.89. The van der Waals surface area contributed by atoms with Crippen LogP contribution in [0.15, 0.2) is 28.7 Å². The first-order valence-corrected chi connectivity index (χ1v) is 8.21. The number of nitrogens with one attached hydrogen (secondary N) is 1. The van der Waals surface area contributed by atoms with Gasteiger partial charge >= 0.3 is 0 Å². The molecule has 1 aromatic rings. The highest BCUT2D eigenvalue weighted by Crippen LogP contribution is 2.27. The maximum Gasteiger partial charge on any atom is 0.227 e. The standard InChI is InChI=1S/C16H20BrN3O3/c1-19(2)14(21)6-7-18-16(23)11-8-15(22)20(10-11)13-5-3-4-12(17)9-13/h3-5,9,11H,6-8,10H2,1-2H3,(H,18,23). The van der Waals surface area contributed by atoms with E-state index >= 15 is 0 Å². The average Bonchev–Trinajstić information content (AvgIpc) is 2.89. The van der Waals surface area contributed by atoms with Crippen LogP contribution in [0.5, 0.6) is 0 Å². The van der Waals surface area contributed by atoms with Crippen molar-refractivity contribution in [2.75, 3.05) is 32.1 Å². The Morgan fingerprint density at radius 1 is 1.39 bits per heavy atom. The molecular weight excluding hydrogens is 362 g/mol. The van der Waals surface area contributed by atoms with Crippen molar-refractivity contribution in [3.8, 4) is 0 Å². The van der Waals surface area contributed by atoms with E-state index in [0.29, 0.717) is 6.54 Å². The van der Waals surface area contributed by atoms with Crippen LogP contribution in [0.25, 0.3) is 0 Å². The van der Waals surface area contributed by atoms with E-state index in [1.165, 1.54) is 4.90 Å². The second kappa shape index (κ2) is 7.59. The SMILES string of the molecule is CN(C)C(=O)CCNC(=O)C1CC(=O)N(c2cccc(Br)c2)C1. The van der Waals surface area contributed by atoms with E-state index in [2.05, 4.69) is 21.2 Å². The minimum atomic E-state index is -0.379. The van der Waals surface area contributed by atoms with E-state index in [1.807, 2.05) is 24.3 Å². The molecule has 23 heavy (non-hydrogen) atoms. The Kier molecular flexibility index (Phi) is 5.76. The number of carbonyl (C=O) groups is 3. The van der Waals surface area contributed by atoms with Crippen molar-refractivity contribution >= 4 is 39.3 Å². The van der Waals surface area contributed by atoms with Gasteiger partial charge in [-0.1, -0.05) is 22.0 Å². The van der Waals surface area contributed by atoms with Gasteiger partial charge in [-0.25, -0.2) is 0 Å². The van der Waals surface area contributed by atoms with Gasteiger partial charge in [0.25, 0.3) is 0 Å². The highest BCUT2D eigenvalue weighted by molar-refractivity contribution is 9.10. The van der Waals surface area contributed by atoms with Gasteiger partial charge in [-0.3, -0.25) is 14.4 Å². The maximum atomic E-state index is 12.2. The summed E-state index contributed by atoms with van der Waals surface area (Å²) >= 11 is 3.38. The van der Waals surface area contributed by atoms with E-state index in [1.54, 1.807) is 19.0 Å². The summed E-state index contributed by atoms with van der Waals surface area (Å²) in [5.41, 5.74) is 0.780. The Bertz CT molecular complexity index is 618. The number of benzene rings is 1. The summed E-state index contributed by atoms with van der Waals surface area (Å²) in [4.78, 5) is 38.9. The number of anilines is 1. The molecule has 1 aromatic carbocycles. The van der Waals surface area contributed by atoms with Crippen molar-refractivity contribution < 1.29 is 14.4 Å². The van der Waals surface area contributed by atoms with E-state index < -0.39 is 0 Å². The topological polar surface area (TPSA) is 69.7 Å². The monoisotopic (exact) mass is 381 g/mol. The Hall–Kier alpha value is -1.89. The molecule has 3 amide bonds. The van der Waals surface area contributed by atoms with Crippen LogP contribution in [0.1, 0.15) is 12.8 Å². The van der Waals surface area contributed by atoms with Gasteiger partial charge in [-0.05, 0) is 18.2 Å². The molecule has 7 heteroatoms. The molecule has 1 N–H and O–H groups in total. The van der Waals surface area contributed by atoms with Crippen LogP contribution < -0.4 is 10.2 Å². The summed E-state index contributed by atoms with van der Waals surface area (Å²) < 4.78 is 0.887. The third kappa shape index (κ3) is 4.54. The second-order valence-electron chi connectivity index (χ2n) is 5.71. The minimum Gasteiger partial charge on any atom is -0.355 e. The summed E-state index contributed by atoms with van der Waals surface area (Å²) in [6.07, 6.45) is 0.453. The number of amides is 3. The van der Waals surface area contributed by atoms with Crippen molar-refractivity contribution in [3.63, 3.8) is 0 Å². The zero-order valence-electron chi connectivity index (χ0n) is 13.2. The predicted molar refractivity (Wildman–Crippen MR) is 90.9 cm³/mol. The van der Waals surface area contributed by atoms with Gasteiger partial charge in [0.05, 0.1) is 5.92 Å². The normalized spacial score (nSPS) is 17.3. The zero-order valence-corrected chi connectivity index (χ0v) is 14.8. The third-order valence-electron chi connectivity index (χ3n) is 3.75. The fourth-order valence-electron chi connectivity index (χ4n) is 2.44. The first-order valence-electron chi connectivity index (χ1n) is 7.42. The smallest absolute Gasteiger partial charge is 0.227 e. The lowest BCUT2D eigenvalue weighted by Crippen LogP contribution is -2.35. The maximum absolute atomic E-state index is 12.2. The largest absolute Gasteiger partial charge is 0.355 e. The van der Waals surface area contributed by atoms with Gasteiger partial charge in [-0.2, -0.15) is 0 Å². The number of carbonyl (C=O) groups excluding carboxylic acids is 3. The molecule has 0 radical (unpaired) electrons. The van der Waals surface area contributed by atoms with Gasteiger partial charge in [0, 0.05) is 50.2 Å². The van der Waals surface area contributed by atoms with Crippen LogP contribution in [0.2, 0.25) is 0 Å². The highest BCUT2D eigenvalue weighted by Gasteiger charge is 2.35. The number of hydrogen-bond donors (Lipinski definition) is 1. The molecule has 1 fully saturated rings. The molecule has 6 nitrogen and oxygen atoms in total. The summed E-state index contributed by atoms with van der Waals surface area (Å²) in [5, 5.41) is 2.74. The lowest BCUT2D eigenvalue weighted by Gasteiger charge is -2.17. The zero-order chi connectivity index (χ0) is 17.0. The number of halogens is 1. The van der Waals surface area contributed by atoms with Gasteiger partial charge in [0.1, 0.15) is 0 Å². The van der Waals surface area contributed by atoms with Gasteiger partial charge < -0.3 is 15.1 Å². The molecule has 0 aromatic heterocycles. The molecule has 1 saturated heterocycles. The van der Waals surface area contributed by atoms with Crippen LogP contribution in [0.4, 0.5) is 5.69 Å². The molecule has 0 spiro atoms. The molecule has 1 aliphatic heterocycles. The van der Waals surface area contributed by atoms with Gasteiger partial charge in [-0.15, -0.1) is 0 Å². The quantitative estimate of drug-likeness (QED) is 0.837. The number of rotatable bonds is 5. The Morgan fingerprint density at radius 2 is 2.13 bits per heavy atom. The Labute approximate surface area is 143 Å². The molecule has 2 rings (SSSR count). The average molecular weight is 382 g/mol. The molecule has 124 valence electrons. The lowest BCUT2D eigenvalue weighted by atomic mass is 10.1. The summed E-state index contributed by atoms with van der Waals surface area (Å²) in [6.45, 7) is 0.653. The van der Waals surface area contributed by atoms with E-state index in [9.17, 15) is 14.4 Å². The van der Waals surface area contributed by atoms with Crippen molar-refractivity contribution in [2.45, 2.75) is 12.8 Å². The molecule has 0 aliphatic carbocycles. The first-order chi connectivity index (χ1) is 10.9. The van der Waals surface area contributed by atoms with Crippen LogP contribution in [0, 0.1) is 5.92 Å². The number of nitrogens with zero attached hydrogens (tertiary/aromatic N) is 2. The molecular formula is C16H20BrN3O3. The van der Waals surface area contributed by atoms with Crippen LogP contribution in [-0.4, -0.2) is 49.8 Å². The fourth-order valence-corrected chi connectivity index (χ4v) is 2.82. The first kappa shape index (κ1) is 17.5. The molecule has 0 bridgehead atoms. The van der Waals surface area contributed by atoms with Crippen molar-refractivity contribution in [1.82, 2.24) is 10.2 Å². The van der Waals surface area contributed by atoms with E-state index in [-0.39, 0.29) is 43.0 Å². The Morgan fingerprint density at radius 3 is 2.78 bits per heavy atom. The lowest BCUT2D eigenvalue weighted by molar-refractivity contribution is -0.129. The van der Waals surface area contributed by atoms with Crippen molar-refractivity contribution in [2.24, 2.45) is 5.92 Å². The van der Waals surface area contributed by atoms with E-state index in [4.69, 9.17) is 0 Å². The number of hydrogen-bond acceptors (Lipinski definition) is 3. The molecule has 1 heterocycles. The van der Waals surface area contributed by atoms with Crippen LogP contribution >= 0.6 is 15.9 Å². The van der Waals surface area contributed by atoms with Crippen LogP contribution in [0.3, 0.4) is 0 Å². The van der Waals surface area contributed by atoms with E-state index in [0.717, 1.165) is 10.2 Å². The predicted octanol–water partition coefficient (Wildman–Crippen LogP) is 1.40. The van der Waals surface area contributed by atoms with Crippen LogP contribution in [-0.2, 0) is 14.4 Å². The van der Waals surface area contributed by atoms with Gasteiger partial charge in [0.15, 0.2) is 0 Å². The van der Waals surface area contributed by atoms with Gasteiger partial charge in [0.2, 0.25) is 17.7 Å². The highest BCUT2D eigenvalue weighted by atomic mass is 79.9. The minimum absolute atomic E-state index is 0.0384. The molecule has 1 unspecified atom stereocenters. The van der Waals surface area contributed by atoms with Crippen molar-refractivity contribution in [1.29, 1.82) is 0 Å². The summed E-state index contributed by atoms with van der Waals surface area (Å²) in [5.74, 6) is -0.658. The summed E-state index contributed by atoms with van der Waals surface area (Å²) in [6, 6.07) is 7.44.